The van der Waals surface area contributed by atoms with Crippen LogP contribution < -0.4 is 20.3 Å². The Labute approximate surface area is 174 Å². The van der Waals surface area contributed by atoms with Crippen LogP contribution in [-0.4, -0.2) is 38.0 Å². The van der Waals surface area contributed by atoms with Crippen molar-refractivity contribution < 1.29 is 23.9 Å². The Morgan fingerprint density at radius 2 is 1.93 bits per heavy atom. The fourth-order valence-corrected chi connectivity index (χ4v) is 3.04. The number of hydrogen-bond acceptors (Lipinski definition) is 6. The van der Waals surface area contributed by atoms with Gasteiger partial charge in [-0.15, -0.1) is 0 Å². The van der Waals surface area contributed by atoms with Crippen molar-refractivity contribution in [2.24, 2.45) is 0 Å². The first kappa shape index (κ1) is 20.9. The molecular weight excluding hydrogens is 386 g/mol. The zero-order chi connectivity index (χ0) is 21.5. The minimum Gasteiger partial charge on any atom is -0.497 e. The van der Waals surface area contributed by atoms with E-state index in [1.54, 1.807) is 62.6 Å². The van der Waals surface area contributed by atoms with Crippen LogP contribution >= 0.6 is 0 Å². The molecule has 8 nitrogen and oxygen atoms in total. The summed E-state index contributed by atoms with van der Waals surface area (Å²) in [7, 11) is 1.54. The van der Waals surface area contributed by atoms with Crippen LogP contribution in [0.2, 0.25) is 0 Å². The Morgan fingerprint density at radius 3 is 2.70 bits per heavy atom. The highest BCUT2D eigenvalue weighted by atomic mass is 16.5. The van der Waals surface area contributed by atoms with Crippen molar-refractivity contribution in [3.63, 3.8) is 0 Å². The molecule has 0 fully saturated rings. The lowest BCUT2D eigenvalue weighted by atomic mass is 10.2. The third kappa shape index (κ3) is 5.16. The number of amides is 2. The second kappa shape index (κ2) is 9.60. The predicted octanol–water partition coefficient (Wildman–Crippen LogP) is 2.93. The molecule has 156 valence electrons. The van der Waals surface area contributed by atoms with Gasteiger partial charge in [-0.25, -0.2) is 0 Å². The first-order valence-corrected chi connectivity index (χ1v) is 9.47. The average Bonchev–Trinajstić information content (AvgIpc) is 2.84. The number of benzene rings is 2. The first-order chi connectivity index (χ1) is 14.5. The molecule has 0 bridgehead atoms. The van der Waals surface area contributed by atoms with E-state index in [4.69, 9.17) is 9.47 Å². The summed E-state index contributed by atoms with van der Waals surface area (Å²) in [6, 6.07) is 14.0. The van der Waals surface area contributed by atoms with Gasteiger partial charge in [0.2, 0.25) is 5.91 Å². The van der Waals surface area contributed by atoms with E-state index in [9.17, 15) is 14.4 Å². The molecule has 1 aliphatic rings. The van der Waals surface area contributed by atoms with Gasteiger partial charge in [-0.1, -0.05) is 18.2 Å². The molecule has 8 heteroatoms. The van der Waals surface area contributed by atoms with Crippen molar-refractivity contribution in [3.8, 4) is 5.75 Å². The van der Waals surface area contributed by atoms with Crippen LogP contribution in [0.1, 0.15) is 13.3 Å². The molecule has 0 saturated heterocycles. The quantitative estimate of drug-likeness (QED) is 0.683. The maximum absolute atomic E-state index is 12.9. The molecule has 2 aromatic carbocycles. The van der Waals surface area contributed by atoms with E-state index in [2.05, 4.69) is 10.6 Å². The minimum atomic E-state index is -0.439. The van der Waals surface area contributed by atoms with Gasteiger partial charge in [0.25, 0.3) is 5.91 Å². The molecule has 3 rings (SSSR count). The summed E-state index contributed by atoms with van der Waals surface area (Å²) in [5.74, 6) is -0.605. The lowest BCUT2D eigenvalue weighted by Gasteiger charge is -2.21. The van der Waals surface area contributed by atoms with Crippen molar-refractivity contribution in [1.29, 1.82) is 0 Å². The average molecular weight is 409 g/mol. The number of carbonyl (C=O) groups excluding carboxylic acids is 3. The van der Waals surface area contributed by atoms with Crippen LogP contribution in [0.3, 0.4) is 0 Å². The lowest BCUT2D eigenvalue weighted by Crippen LogP contribution is -2.37. The first-order valence-electron chi connectivity index (χ1n) is 9.47. The number of fused-ring (bicyclic) bond motifs is 1. The number of anilines is 3. The van der Waals surface area contributed by atoms with Crippen molar-refractivity contribution in [2.75, 3.05) is 35.8 Å². The van der Waals surface area contributed by atoms with Gasteiger partial charge in [0.15, 0.2) is 0 Å². The molecule has 2 amide bonds. The summed E-state index contributed by atoms with van der Waals surface area (Å²) in [5, 5.41) is 5.86. The molecule has 0 saturated carbocycles. The number of para-hydroxylation sites is 2. The Hall–Kier alpha value is -3.81. The maximum atomic E-state index is 12.9. The van der Waals surface area contributed by atoms with Gasteiger partial charge in [0.05, 0.1) is 31.5 Å². The standard InChI is InChI=1S/C22H23N3O5/c1-3-30-22(28)13-16-12-21(27)25(19-10-5-4-9-18(19)23-16)14-20(26)24-15-7-6-8-17(11-15)29-2/h4-12,23H,3,13-14H2,1-2H3,(H,24,26). The highest BCUT2D eigenvalue weighted by molar-refractivity contribution is 6.10. The van der Waals surface area contributed by atoms with E-state index in [-0.39, 0.29) is 25.5 Å². The number of rotatable bonds is 7. The number of nitrogens with zero attached hydrogens (tertiary/aromatic N) is 1. The molecule has 2 N–H and O–H groups in total. The zero-order valence-electron chi connectivity index (χ0n) is 16.8. The molecule has 1 heterocycles. The van der Waals surface area contributed by atoms with Gasteiger partial charge in [-0.05, 0) is 31.2 Å². The number of methoxy groups -OCH3 is 1. The minimum absolute atomic E-state index is 0.0717. The number of ether oxygens (including phenoxy) is 2. The predicted molar refractivity (Wildman–Crippen MR) is 113 cm³/mol. The monoisotopic (exact) mass is 409 g/mol. The molecule has 0 aromatic heterocycles. The number of esters is 1. The Bertz CT molecular complexity index is 986. The van der Waals surface area contributed by atoms with Crippen LogP contribution in [0.5, 0.6) is 5.75 Å². The Balaban J connectivity index is 1.80. The number of nitrogens with one attached hydrogen (secondary N) is 2. The number of carbonyl (C=O) groups is 3. The van der Waals surface area contributed by atoms with Crippen LogP contribution in [0.25, 0.3) is 0 Å². The Kier molecular flexibility index (Phi) is 6.69. The summed E-state index contributed by atoms with van der Waals surface area (Å²) in [6.45, 7) is 1.78. The summed E-state index contributed by atoms with van der Waals surface area (Å²) in [4.78, 5) is 38.7. The van der Waals surface area contributed by atoms with Crippen molar-refractivity contribution >= 4 is 34.8 Å². The van der Waals surface area contributed by atoms with Crippen LogP contribution in [-0.2, 0) is 19.1 Å². The molecule has 0 atom stereocenters. The fraction of sp³-hybridized carbons (Fsp3) is 0.227. The Morgan fingerprint density at radius 1 is 1.13 bits per heavy atom. The van der Waals surface area contributed by atoms with E-state index in [0.717, 1.165) is 0 Å². The molecule has 2 aromatic rings. The van der Waals surface area contributed by atoms with Gasteiger partial charge in [0, 0.05) is 23.5 Å². The maximum Gasteiger partial charge on any atom is 0.311 e. The molecule has 1 aliphatic heterocycles. The summed E-state index contributed by atoms with van der Waals surface area (Å²) in [5.41, 5.74) is 2.12. The molecule has 0 spiro atoms. The molecular formula is C22H23N3O5. The van der Waals surface area contributed by atoms with Crippen LogP contribution in [0, 0.1) is 0 Å². The van der Waals surface area contributed by atoms with Crippen molar-refractivity contribution in [1.82, 2.24) is 0 Å². The highest BCUT2D eigenvalue weighted by Crippen LogP contribution is 2.30. The number of hydrogen-bond donors (Lipinski definition) is 2. The normalized spacial score (nSPS) is 12.8. The molecule has 0 aliphatic carbocycles. The summed E-state index contributed by atoms with van der Waals surface area (Å²) >= 11 is 0. The SMILES string of the molecule is CCOC(=O)CC1=CC(=O)N(CC(=O)Nc2cccc(OC)c2)c2ccccc2N1. The largest absolute Gasteiger partial charge is 0.497 e. The van der Waals surface area contributed by atoms with E-state index < -0.39 is 11.9 Å². The van der Waals surface area contributed by atoms with Gasteiger partial charge < -0.3 is 20.1 Å². The van der Waals surface area contributed by atoms with Crippen molar-refractivity contribution in [3.05, 3.63) is 60.3 Å². The van der Waals surface area contributed by atoms with Crippen molar-refractivity contribution in [2.45, 2.75) is 13.3 Å². The van der Waals surface area contributed by atoms with E-state index >= 15 is 0 Å². The highest BCUT2D eigenvalue weighted by Gasteiger charge is 2.25. The van der Waals surface area contributed by atoms with E-state index in [1.807, 2.05) is 0 Å². The summed E-state index contributed by atoms with van der Waals surface area (Å²) in [6.07, 6.45) is 1.24. The van der Waals surface area contributed by atoms with E-state index in [1.165, 1.54) is 11.0 Å². The zero-order valence-corrected chi connectivity index (χ0v) is 16.8. The third-order valence-corrected chi connectivity index (χ3v) is 4.35. The molecule has 0 radical (unpaired) electrons. The van der Waals surface area contributed by atoms with Gasteiger partial charge >= 0.3 is 5.97 Å². The summed E-state index contributed by atoms with van der Waals surface area (Å²) < 4.78 is 10.1. The topological polar surface area (TPSA) is 97.0 Å². The lowest BCUT2D eigenvalue weighted by molar-refractivity contribution is -0.142. The smallest absolute Gasteiger partial charge is 0.311 e. The second-order valence-corrected chi connectivity index (χ2v) is 6.50. The molecule has 0 unspecified atom stereocenters. The molecule has 30 heavy (non-hydrogen) atoms. The second-order valence-electron chi connectivity index (χ2n) is 6.50. The third-order valence-electron chi connectivity index (χ3n) is 4.35. The fourth-order valence-electron chi connectivity index (χ4n) is 3.04. The van der Waals surface area contributed by atoms with Crippen LogP contribution in [0.4, 0.5) is 17.1 Å². The van der Waals surface area contributed by atoms with Gasteiger partial charge in [-0.2, -0.15) is 0 Å². The van der Waals surface area contributed by atoms with Gasteiger partial charge in [0.1, 0.15) is 12.3 Å². The van der Waals surface area contributed by atoms with Gasteiger partial charge in [-0.3, -0.25) is 19.3 Å². The van der Waals surface area contributed by atoms with E-state index in [0.29, 0.717) is 28.5 Å². The van der Waals surface area contributed by atoms with Crippen LogP contribution in [0.15, 0.2) is 60.3 Å².